The molecule has 0 aliphatic carbocycles. The molecule has 6 N–H and O–H groups in total. The highest BCUT2D eigenvalue weighted by atomic mass is 127. The van der Waals surface area contributed by atoms with E-state index in [0.29, 0.717) is 17.7 Å². The fourth-order valence-corrected chi connectivity index (χ4v) is 8.31. The van der Waals surface area contributed by atoms with E-state index in [0.717, 1.165) is 16.9 Å². The van der Waals surface area contributed by atoms with E-state index >= 15 is 0 Å². The lowest BCUT2D eigenvalue weighted by molar-refractivity contribution is 0.0526. The van der Waals surface area contributed by atoms with Crippen LogP contribution in [0.3, 0.4) is 0 Å². The number of nitrogens with zero attached hydrogens (tertiary/aromatic N) is 1. The van der Waals surface area contributed by atoms with E-state index in [1.54, 1.807) is 38.1 Å². The van der Waals surface area contributed by atoms with Crippen molar-refractivity contribution in [3.63, 3.8) is 0 Å². The molecule has 0 saturated heterocycles. The van der Waals surface area contributed by atoms with E-state index in [4.69, 9.17) is 22.2 Å². The molecule has 2 heterocycles. The third kappa shape index (κ3) is 55.6. The van der Waals surface area contributed by atoms with Gasteiger partial charge in [-0.2, -0.15) is 0 Å². The van der Waals surface area contributed by atoms with Crippen LogP contribution in [0.1, 0.15) is 189 Å². The number of hydrazine groups is 1. The zero-order valence-electron chi connectivity index (χ0n) is 70.2. The van der Waals surface area contributed by atoms with Crippen LogP contribution in [0.4, 0.5) is 17.1 Å². The van der Waals surface area contributed by atoms with Gasteiger partial charge in [-0.1, -0.05) is 357 Å². The summed E-state index contributed by atoms with van der Waals surface area (Å²) < 4.78 is 8.32. The Labute approximate surface area is 669 Å². The van der Waals surface area contributed by atoms with Crippen molar-refractivity contribution in [2.24, 2.45) is 12.9 Å². The topological polar surface area (TPSA) is 143 Å². The van der Waals surface area contributed by atoms with Gasteiger partial charge >= 0.3 is 5.97 Å². The largest absolute Gasteiger partial charge is 0.462 e. The lowest BCUT2D eigenvalue weighted by Gasteiger charge is -2.03. The number of esters is 1. The zero-order valence-corrected chi connectivity index (χ0v) is 73.1. The van der Waals surface area contributed by atoms with Crippen molar-refractivity contribution >= 4 is 90.6 Å². The molecule has 0 bridgehead atoms. The maximum absolute atomic E-state index is 11.0. The summed E-state index contributed by atoms with van der Waals surface area (Å²) in [6.45, 7) is 45.9. The van der Waals surface area contributed by atoms with E-state index < -0.39 is 0 Å². The number of hydrogen-bond donors (Lipinski definition) is 5. The molecule has 586 valence electrons. The molecule has 0 unspecified atom stereocenters. The van der Waals surface area contributed by atoms with Gasteiger partial charge in [0.25, 0.3) is 0 Å². The number of hydrogen-bond acceptors (Lipinski definition) is 8. The number of carbonyl (C=O) groups excluding carboxylic acids is 3. The van der Waals surface area contributed by atoms with Gasteiger partial charge in [0.2, 0.25) is 0 Å². The number of carbonyl (C=O) groups is 3. The Balaban J connectivity index is -0.000000206. The number of aromatic nitrogens is 2. The number of aromatic amines is 1. The number of rotatable bonds is 9. The van der Waals surface area contributed by atoms with Crippen molar-refractivity contribution in [3.05, 3.63) is 329 Å². The van der Waals surface area contributed by atoms with Crippen molar-refractivity contribution in [2.45, 2.75) is 159 Å². The maximum Gasteiger partial charge on any atom is 0.338 e. The highest BCUT2D eigenvalue weighted by Gasteiger charge is 2.07. The van der Waals surface area contributed by atoms with Crippen molar-refractivity contribution in [1.29, 1.82) is 0 Å². The van der Waals surface area contributed by atoms with Gasteiger partial charge in [-0.05, 0) is 139 Å². The number of nitrogens with one attached hydrogen (secondary N) is 4. The summed E-state index contributed by atoms with van der Waals surface area (Å²) in [6, 6.07) is 96.8. The molecule has 2 aromatic heterocycles. The SMILES string of the molecule is CC.CC.CC.CC.CC.CC.CC.CC.CC.CC.CC(=O)c1ccccc1.CCOC(=O)c1ccccc1.CNc1ccccc1.CNc1ccccc1C.Cn1c(-c2ccccc2)cc2ccccc21.Ic1ccccc1.NNc1ccccc1.O=C(CCl)c1ccccc1.c1ccc2[nH]ccc2c1. The van der Waals surface area contributed by atoms with Crippen molar-refractivity contribution in [2.75, 3.05) is 42.6 Å². The molecule has 0 atom stereocenters. The third-order valence-electron chi connectivity index (χ3n) is 12.3. The Kier molecular flexibility index (Phi) is 88.5. The minimum absolute atomic E-state index is 0.0257. The molecular weight excluding hydrogens is 1450 g/mol. The molecule has 107 heavy (non-hydrogen) atoms. The molecule has 0 aliphatic heterocycles. The summed E-state index contributed by atoms with van der Waals surface area (Å²) in [4.78, 5) is 35.7. The number of fused-ring (bicyclic) bond motifs is 2. The van der Waals surface area contributed by atoms with Gasteiger partial charge in [0.15, 0.2) is 11.6 Å². The highest BCUT2D eigenvalue weighted by Crippen LogP contribution is 2.26. The number of anilines is 3. The molecule has 10 aromatic carbocycles. The van der Waals surface area contributed by atoms with E-state index in [9.17, 15) is 14.4 Å². The first-order valence-electron chi connectivity index (χ1n) is 38.2. The van der Waals surface area contributed by atoms with Gasteiger partial charge in [0.1, 0.15) is 0 Å². The quantitative estimate of drug-likeness (QED) is 0.0240. The number of aryl methyl sites for hydroxylation is 2. The normalized spacial score (nSPS) is 8.23. The molecule has 0 aliphatic rings. The van der Waals surface area contributed by atoms with Gasteiger partial charge in [-0.15, -0.1) is 11.6 Å². The molecule has 10 nitrogen and oxygen atoms in total. The Hall–Kier alpha value is -9.53. The number of benzene rings is 10. The molecule has 0 radical (unpaired) electrons. The van der Waals surface area contributed by atoms with E-state index in [1.165, 1.54) is 47.9 Å². The molecule has 0 fully saturated rings. The number of ether oxygens (including phenoxy) is 1. The van der Waals surface area contributed by atoms with Crippen molar-refractivity contribution < 1.29 is 19.1 Å². The fourth-order valence-electron chi connectivity index (χ4n) is 7.74. The van der Waals surface area contributed by atoms with E-state index in [2.05, 4.69) is 159 Å². The molecule has 0 spiro atoms. The number of alkyl halides is 1. The van der Waals surface area contributed by atoms with Gasteiger partial charge in [0.05, 0.1) is 18.1 Å². The lowest BCUT2D eigenvalue weighted by atomic mass is 10.1. The van der Waals surface area contributed by atoms with Crippen LogP contribution in [0.2, 0.25) is 0 Å². The van der Waals surface area contributed by atoms with Crippen LogP contribution in [-0.2, 0) is 11.8 Å². The van der Waals surface area contributed by atoms with Gasteiger partial charge in [-0.3, -0.25) is 15.4 Å². The summed E-state index contributed by atoms with van der Waals surface area (Å²) in [5, 5.41) is 8.69. The molecule has 12 heteroatoms. The predicted molar refractivity (Wildman–Crippen MR) is 491 cm³/mol. The number of H-pyrrole nitrogens is 1. The Morgan fingerprint density at radius 1 is 0.439 bits per heavy atom. The van der Waals surface area contributed by atoms with Gasteiger partial charge < -0.3 is 30.3 Å². The van der Waals surface area contributed by atoms with Crippen molar-refractivity contribution in [1.82, 2.24) is 9.55 Å². The minimum Gasteiger partial charge on any atom is -0.462 e. The third-order valence-corrected chi connectivity index (χ3v) is 13.3. The maximum atomic E-state index is 11.0. The number of nitrogens with two attached hydrogens (primary N) is 1. The monoisotopic (exact) mass is 1590 g/mol. The van der Waals surface area contributed by atoms with Crippen molar-refractivity contribution in [3.8, 4) is 11.3 Å². The zero-order chi connectivity index (χ0) is 82.7. The number of Topliss-reactive ketones (excluding diaryl/α,β-unsaturated/α-hetero) is 2. The second-order valence-corrected chi connectivity index (χ2v) is 20.0. The van der Waals surface area contributed by atoms with Crippen LogP contribution in [0.5, 0.6) is 0 Å². The average molecular weight is 1590 g/mol. The van der Waals surface area contributed by atoms with Crippen LogP contribution < -0.4 is 21.9 Å². The molecule has 12 rings (SSSR count). The lowest BCUT2D eigenvalue weighted by Crippen LogP contribution is -2.05. The van der Waals surface area contributed by atoms with E-state index in [-0.39, 0.29) is 23.4 Å². The van der Waals surface area contributed by atoms with Crippen LogP contribution in [-0.4, -0.2) is 53.7 Å². The van der Waals surface area contributed by atoms with Gasteiger partial charge in [0, 0.05) is 81.2 Å². The Morgan fingerprint density at radius 2 is 0.804 bits per heavy atom. The number of para-hydroxylation sites is 5. The van der Waals surface area contributed by atoms with Crippen LogP contribution in [0, 0.1) is 10.5 Å². The van der Waals surface area contributed by atoms with Crippen LogP contribution in [0.15, 0.2) is 303 Å². The molecule has 0 saturated carbocycles. The first-order valence-corrected chi connectivity index (χ1v) is 39.8. The first-order chi connectivity index (χ1) is 52.4. The highest BCUT2D eigenvalue weighted by molar-refractivity contribution is 14.1. The minimum atomic E-state index is -0.256. The Bertz CT molecular complexity index is 3680. The second-order valence-electron chi connectivity index (χ2n) is 18.5. The predicted octanol–water partition coefficient (Wildman–Crippen LogP) is 29.2. The fraction of sp³-hybridized carbons (Fsp3) is 0.295. The summed E-state index contributed by atoms with van der Waals surface area (Å²) >= 11 is 7.62. The number of ketones is 2. The standard InChI is InChI=1S/C15H13N.C9H10O2.C8H7ClO.C8H7N.C8H11N.C8H8O.C7H9N.C6H5I.C6H8N2.10C2H6/c1-16-14-10-6-5-9-13(14)11-15(16)12-7-3-2-4-8-12;1-2-11-9(10)8-6-4-3-5-7-8;9-6-8(10)7-4-2-1-3-5-7;1-2-4-8-7(3-1)5-6-9-8;1-7-5-3-4-6-8(7)9-2;1-7(9)8-5-3-2-4-6-8;1-8-7-5-3-2-4-6-7;7-6-4-2-1-3-5-6;7-8-6-4-2-1-3-5-6;10*1-2/h2-11H,1H3;3-7H,2H2,1H3;1-5H,6H2;1-6,9H;3-6,9H,1-2H3;2-6H,1H3;2-6,8H,1H3;1-5H;1-5,8H,7H2;10*1-2H3. The van der Waals surface area contributed by atoms with E-state index in [1.807, 2.05) is 335 Å². The van der Waals surface area contributed by atoms with Crippen LogP contribution >= 0.6 is 34.2 Å². The molecule has 12 aromatic rings. The second kappa shape index (κ2) is 85.4. The number of nitrogen functional groups attached to an aromatic ring is 1. The molecule has 0 amide bonds. The summed E-state index contributed by atoms with van der Waals surface area (Å²) in [5.74, 6) is 5.00. The van der Waals surface area contributed by atoms with Gasteiger partial charge in [-0.25, -0.2) is 4.79 Å². The van der Waals surface area contributed by atoms with Crippen LogP contribution in [0.25, 0.3) is 33.1 Å². The Morgan fingerprint density at radius 3 is 1.14 bits per heavy atom. The number of halogens is 2. The first kappa shape index (κ1) is 111. The average Bonchev–Trinajstić information content (AvgIpc) is 1.65. The summed E-state index contributed by atoms with van der Waals surface area (Å²) in [7, 11) is 5.96. The molecular formula is C95H138ClIN6O4. The smallest absolute Gasteiger partial charge is 0.338 e. The summed E-state index contributed by atoms with van der Waals surface area (Å²) in [5.41, 5.74) is 14.2. The summed E-state index contributed by atoms with van der Waals surface area (Å²) in [6.07, 6.45) is 1.95.